The number of aromatic nitrogens is 2. The molecule has 4 aliphatic rings. The van der Waals surface area contributed by atoms with Crippen molar-refractivity contribution in [3.63, 3.8) is 0 Å². The number of allylic oxidation sites excluding steroid dienone is 11. The number of nitrogens with zero attached hydrogens (tertiary/aromatic N) is 3. The number of aryl methyl sites for hydroxylation is 1. The number of hydrogen-bond donors (Lipinski definition) is 0. The van der Waals surface area contributed by atoms with Gasteiger partial charge in [-0.3, -0.25) is 4.99 Å². The molecule has 3 aliphatic carbocycles. The molecule has 304 valence electrons. The van der Waals surface area contributed by atoms with E-state index in [0.717, 1.165) is 62.8 Å². The van der Waals surface area contributed by atoms with E-state index in [4.69, 9.17) is 4.99 Å². The topological polar surface area (TPSA) is 22.2 Å². The molecule has 0 fully saturated rings. The summed E-state index contributed by atoms with van der Waals surface area (Å²) < 4.78 is 4.92. The summed E-state index contributed by atoms with van der Waals surface area (Å²) in [4.78, 5) is 5.57. The Morgan fingerprint density at radius 1 is 0.524 bits per heavy atom. The zero-order valence-electron chi connectivity index (χ0n) is 35.6. The molecule has 63 heavy (non-hydrogen) atoms. The summed E-state index contributed by atoms with van der Waals surface area (Å²) in [5, 5.41) is 3.87. The van der Waals surface area contributed by atoms with Gasteiger partial charge in [0, 0.05) is 33.2 Å². The third-order valence-corrected chi connectivity index (χ3v) is 13.7. The highest BCUT2D eigenvalue weighted by Gasteiger charge is 2.23. The maximum Gasteiger partial charge on any atom is 0.0759 e. The number of fused-ring (bicyclic) bond motifs is 6. The van der Waals surface area contributed by atoms with Gasteiger partial charge in [-0.2, -0.15) is 0 Å². The zero-order chi connectivity index (χ0) is 41.7. The molecule has 0 amide bonds. The lowest BCUT2D eigenvalue weighted by Crippen LogP contribution is -2.03. The molecule has 3 heteroatoms. The Labute approximate surface area is 369 Å². The van der Waals surface area contributed by atoms with Crippen LogP contribution in [0.1, 0.15) is 67.8 Å². The van der Waals surface area contributed by atoms with Crippen molar-refractivity contribution in [1.29, 1.82) is 0 Å². The molecule has 3 heterocycles. The molecule has 0 saturated carbocycles. The van der Waals surface area contributed by atoms with Crippen LogP contribution in [0.5, 0.6) is 0 Å². The van der Waals surface area contributed by atoms with E-state index in [9.17, 15) is 0 Å². The van der Waals surface area contributed by atoms with E-state index in [2.05, 4.69) is 203 Å². The fraction of sp³-hybridized carbons (Fsp3) is 0.150. The maximum atomic E-state index is 5.57. The molecule has 12 rings (SSSR count). The first-order valence-corrected chi connectivity index (χ1v) is 22.9. The van der Waals surface area contributed by atoms with Crippen molar-refractivity contribution in [1.82, 2.24) is 9.13 Å². The molecule has 6 aromatic carbocycles. The standard InChI is InChI=1S/C60H49N3/c1-5-17-41(18-6-1)43-33-36-54(61-55(38-43)42-19-7-2-8-20-42)47-22-15-21-46(37-47)50-28-16-30-57-60(50)53-35-32-45(40-59(53)63(57)49-25-11-4-12-26-49)44-31-34-52-51-27-13-14-29-56(51)62(58(52)39-44)48-23-9-3-10-24-48/h1,3-5,7,9-12,14-17,19-26,28-32,34-35,37-40,54H,2,6,8,13,18,27,33,36H2. The van der Waals surface area contributed by atoms with Gasteiger partial charge in [0.15, 0.2) is 0 Å². The van der Waals surface area contributed by atoms with Gasteiger partial charge in [-0.1, -0.05) is 134 Å². The molecule has 0 radical (unpaired) electrons. The quantitative estimate of drug-likeness (QED) is 0.153. The lowest BCUT2D eigenvalue weighted by molar-refractivity contribution is 0.657. The minimum Gasteiger partial charge on any atom is -0.310 e. The van der Waals surface area contributed by atoms with E-state index in [1.54, 1.807) is 0 Å². The smallest absolute Gasteiger partial charge is 0.0759 e. The normalized spacial score (nSPS) is 17.4. The molecule has 1 aliphatic heterocycles. The SMILES string of the molecule is C1=CCCC(C2=CC(C3=CCCC=C3)=NC(c3cccc(-c4cccc5c4c4ccc(-c6ccc7c8c(n(-c9ccccc9)c7c6)C=CCC8)cc4n5-c4ccccc4)c3)CC2)=C1. The van der Waals surface area contributed by atoms with Gasteiger partial charge < -0.3 is 9.13 Å². The number of para-hydroxylation sites is 2. The van der Waals surface area contributed by atoms with E-state index in [0.29, 0.717) is 0 Å². The Morgan fingerprint density at radius 3 is 2.05 bits per heavy atom. The van der Waals surface area contributed by atoms with Crippen molar-refractivity contribution in [2.45, 2.75) is 57.4 Å². The Morgan fingerprint density at radius 2 is 1.27 bits per heavy atom. The molecule has 1 unspecified atom stereocenters. The largest absolute Gasteiger partial charge is 0.310 e. The molecular formula is C60H49N3. The van der Waals surface area contributed by atoms with Gasteiger partial charge in [0.05, 0.1) is 28.3 Å². The van der Waals surface area contributed by atoms with E-state index >= 15 is 0 Å². The van der Waals surface area contributed by atoms with E-state index < -0.39 is 0 Å². The fourth-order valence-electron chi connectivity index (χ4n) is 10.7. The fourth-order valence-corrected chi connectivity index (χ4v) is 10.7. The first-order valence-electron chi connectivity index (χ1n) is 22.9. The molecule has 0 spiro atoms. The lowest BCUT2D eigenvalue weighted by Gasteiger charge is -2.16. The van der Waals surface area contributed by atoms with Crippen molar-refractivity contribution >= 4 is 44.5 Å². The van der Waals surface area contributed by atoms with E-state index in [-0.39, 0.29) is 6.04 Å². The molecule has 8 aromatic rings. The van der Waals surface area contributed by atoms with E-state index in [1.807, 2.05) is 0 Å². The summed E-state index contributed by atoms with van der Waals surface area (Å²) in [5.41, 5.74) is 20.2. The third-order valence-electron chi connectivity index (χ3n) is 13.7. The van der Waals surface area contributed by atoms with Crippen LogP contribution in [-0.2, 0) is 6.42 Å². The van der Waals surface area contributed by atoms with Crippen molar-refractivity contribution in [2.75, 3.05) is 0 Å². The molecule has 1 atom stereocenters. The van der Waals surface area contributed by atoms with Gasteiger partial charge >= 0.3 is 0 Å². The van der Waals surface area contributed by atoms with Crippen LogP contribution in [0.15, 0.2) is 210 Å². The van der Waals surface area contributed by atoms with Gasteiger partial charge in [0.25, 0.3) is 0 Å². The zero-order valence-corrected chi connectivity index (χ0v) is 35.6. The highest BCUT2D eigenvalue weighted by atomic mass is 15.0. The van der Waals surface area contributed by atoms with Gasteiger partial charge in [-0.25, -0.2) is 0 Å². The average molecular weight is 812 g/mol. The van der Waals surface area contributed by atoms with Crippen molar-refractivity contribution in [2.24, 2.45) is 4.99 Å². The average Bonchev–Trinajstić information content (AvgIpc) is 3.77. The number of aliphatic imine (C=N–C) groups is 1. The number of benzene rings is 6. The monoisotopic (exact) mass is 811 g/mol. The second kappa shape index (κ2) is 15.9. The minimum atomic E-state index is 0.0685. The first-order chi connectivity index (χ1) is 31.2. The predicted molar refractivity (Wildman–Crippen MR) is 266 cm³/mol. The van der Waals surface area contributed by atoms with Crippen LogP contribution in [0.3, 0.4) is 0 Å². The van der Waals surface area contributed by atoms with Crippen LogP contribution in [-0.4, -0.2) is 14.8 Å². The Hall–Kier alpha value is -7.23. The van der Waals surface area contributed by atoms with Crippen LogP contribution in [0.4, 0.5) is 0 Å². The van der Waals surface area contributed by atoms with Gasteiger partial charge in [-0.15, -0.1) is 0 Å². The Balaban J connectivity index is 0.985. The molecule has 0 bridgehead atoms. The van der Waals surface area contributed by atoms with Gasteiger partial charge in [-0.05, 0) is 162 Å². The minimum absolute atomic E-state index is 0.0685. The van der Waals surface area contributed by atoms with Crippen molar-refractivity contribution in [3.05, 3.63) is 222 Å². The molecular weight excluding hydrogens is 763 g/mol. The van der Waals surface area contributed by atoms with Crippen LogP contribution >= 0.6 is 0 Å². The van der Waals surface area contributed by atoms with Crippen LogP contribution in [0, 0.1) is 0 Å². The van der Waals surface area contributed by atoms with Gasteiger partial charge in [0.1, 0.15) is 0 Å². The molecule has 0 N–H and O–H groups in total. The van der Waals surface area contributed by atoms with Crippen LogP contribution < -0.4 is 0 Å². The second-order valence-electron chi connectivity index (χ2n) is 17.5. The molecule has 0 saturated heterocycles. The molecule has 3 nitrogen and oxygen atoms in total. The third kappa shape index (κ3) is 6.71. The second-order valence-corrected chi connectivity index (χ2v) is 17.5. The van der Waals surface area contributed by atoms with Crippen LogP contribution in [0.25, 0.3) is 72.4 Å². The lowest BCUT2D eigenvalue weighted by atomic mass is 9.90. The number of hydrogen-bond acceptors (Lipinski definition) is 1. The van der Waals surface area contributed by atoms with E-state index in [1.165, 1.54) is 94.2 Å². The maximum absolute atomic E-state index is 5.57. The highest BCUT2D eigenvalue weighted by Crippen LogP contribution is 2.43. The Kier molecular flexibility index (Phi) is 9.48. The summed E-state index contributed by atoms with van der Waals surface area (Å²) >= 11 is 0. The summed E-state index contributed by atoms with van der Waals surface area (Å²) in [6.45, 7) is 0. The summed E-state index contributed by atoms with van der Waals surface area (Å²) in [6.07, 6.45) is 29.3. The van der Waals surface area contributed by atoms with Gasteiger partial charge in [0.2, 0.25) is 0 Å². The molecule has 2 aromatic heterocycles. The summed E-state index contributed by atoms with van der Waals surface area (Å²) in [7, 11) is 0. The Bertz CT molecular complexity index is 3320. The van der Waals surface area contributed by atoms with Crippen molar-refractivity contribution < 1.29 is 0 Å². The summed E-state index contributed by atoms with van der Waals surface area (Å²) in [5.74, 6) is 0. The highest BCUT2D eigenvalue weighted by molar-refractivity contribution is 6.16. The van der Waals surface area contributed by atoms with Crippen molar-refractivity contribution in [3.8, 4) is 33.6 Å². The van der Waals surface area contributed by atoms with Crippen LogP contribution in [0.2, 0.25) is 0 Å². The predicted octanol–water partition coefficient (Wildman–Crippen LogP) is 15.8. The number of rotatable bonds is 7. The summed E-state index contributed by atoms with van der Waals surface area (Å²) in [6, 6.07) is 52.1. The first kappa shape index (κ1) is 37.5.